The van der Waals surface area contributed by atoms with Gasteiger partial charge in [0, 0.05) is 27.3 Å². The monoisotopic (exact) mass is 435 g/mol. The number of nitrogens with zero attached hydrogens (tertiary/aromatic N) is 1. The van der Waals surface area contributed by atoms with Crippen LogP contribution in [0.2, 0.25) is 18.1 Å². The van der Waals surface area contributed by atoms with Crippen LogP contribution >= 0.6 is 11.3 Å². The molecule has 0 saturated carbocycles. The number of benzene rings is 1. The quantitative estimate of drug-likeness (QED) is 0.378. The first-order chi connectivity index (χ1) is 14.2. The highest BCUT2D eigenvalue weighted by molar-refractivity contribution is 7.13. The lowest BCUT2D eigenvalue weighted by atomic mass is 9.93. The highest BCUT2D eigenvalue weighted by Gasteiger charge is 2.44. The summed E-state index contributed by atoms with van der Waals surface area (Å²) in [5, 5.41) is 2.33. The van der Waals surface area contributed by atoms with Crippen molar-refractivity contribution in [2.24, 2.45) is 0 Å². The Balaban J connectivity index is 2.03. The zero-order chi connectivity index (χ0) is 21.7. The van der Waals surface area contributed by atoms with E-state index >= 15 is 0 Å². The number of hydrogen-bond acceptors (Lipinski definition) is 3. The topological polar surface area (TPSA) is 22.1 Å². The van der Waals surface area contributed by atoms with Gasteiger partial charge >= 0.3 is 0 Å². The minimum atomic E-state index is -1.99. The number of aromatic nitrogens is 1. The average Bonchev–Trinajstić information content (AvgIpc) is 3.33. The molecule has 0 N–H and O–H groups in total. The summed E-state index contributed by atoms with van der Waals surface area (Å²) in [6, 6.07) is 13.1. The third kappa shape index (κ3) is 3.39. The third-order valence-electron chi connectivity index (χ3n) is 6.86. The van der Waals surface area contributed by atoms with Gasteiger partial charge in [0.2, 0.25) is 0 Å². The maximum atomic E-state index is 7.13. The maximum Gasteiger partial charge on any atom is 0.193 e. The minimum Gasteiger partial charge on any atom is -0.406 e. The van der Waals surface area contributed by atoms with E-state index in [4.69, 9.17) is 9.41 Å². The lowest BCUT2D eigenvalue weighted by molar-refractivity contribution is 0.226. The molecule has 0 spiro atoms. The predicted octanol–water partition coefficient (Wildman–Crippen LogP) is 8.03. The van der Waals surface area contributed by atoms with Gasteiger partial charge in [0.1, 0.15) is 0 Å². The minimum absolute atomic E-state index is 0.0436. The van der Waals surface area contributed by atoms with Crippen molar-refractivity contribution in [1.82, 2.24) is 4.98 Å². The number of fused-ring (bicyclic) bond motifs is 3. The SMILES string of the molecule is CCc1nc2c(c(-c3cccs3)c1CC)C(O[Si](C)(C)C(C)(C)C)c1ccccc1-2. The second kappa shape index (κ2) is 7.74. The Morgan fingerprint density at radius 1 is 1.03 bits per heavy atom. The predicted molar refractivity (Wildman–Crippen MR) is 132 cm³/mol. The first kappa shape index (κ1) is 21.5. The van der Waals surface area contributed by atoms with Gasteiger partial charge in [0.25, 0.3) is 0 Å². The molecule has 0 bridgehead atoms. The molecule has 4 heteroatoms. The molecule has 0 aliphatic heterocycles. The van der Waals surface area contributed by atoms with Crippen molar-refractivity contribution in [3.05, 3.63) is 64.2 Å². The highest BCUT2D eigenvalue weighted by Crippen LogP contribution is 2.53. The van der Waals surface area contributed by atoms with Crippen LogP contribution < -0.4 is 0 Å². The Kier molecular flexibility index (Phi) is 5.54. The molecule has 2 nitrogen and oxygen atoms in total. The van der Waals surface area contributed by atoms with E-state index in [1.165, 1.54) is 38.4 Å². The smallest absolute Gasteiger partial charge is 0.193 e. The summed E-state index contributed by atoms with van der Waals surface area (Å²) in [4.78, 5) is 6.57. The molecule has 0 saturated heterocycles. The molecule has 4 rings (SSSR count). The van der Waals surface area contributed by atoms with Gasteiger partial charge in [-0.3, -0.25) is 4.98 Å². The summed E-state index contributed by atoms with van der Waals surface area (Å²) in [7, 11) is -1.99. The molecule has 1 unspecified atom stereocenters. The molecule has 2 heterocycles. The van der Waals surface area contributed by atoms with Crippen LogP contribution in [0.4, 0.5) is 0 Å². The second-order valence-corrected chi connectivity index (χ2v) is 15.4. The Hall–Kier alpha value is -1.75. The fourth-order valence-corrected chi connectivity index (χ4v) is 6.21. The molecule has 30 heavy (non-hydrogen) atoms. The van der Waals surface area contributed by atoms with Crippen molar-refractivity contribution >= 4 is 19.7 Å². The summed E-state index contributed by atoms with van der Waals surface area (Å²) in [6.45, 7) is 16.1. The average molecular weight is 436 g/mol. The Labute approximate surface area is 186 Å². The lowest BCUT2D eigenvalue weighted by Gasteiger charge is -2.39. The summed E-state index contributed by atoms with van der Waals surface area (Å²) >= 11 is 1.82. The zero-order valence-corrected chi connectivity index (χ0v) is 21.1. The van der Waals surface area contributed by atoms with Crippen molar-refractivity contribution in [3.63, 3.8) is 0 Å². The lowest BCUT2D eigenvalue weighted by Crippen LogP contribution is -2.41. The van der Waals surface area contributed by atoms with Gasteiger partial charge in [0.05, 0.1) is 11.8 Å². The first-order valence-electron chi connectivity index (χ1n) is 11.1. The molecule has 3 aromatic rings. The fraction of sp³-hybridized carbons (Fsp3) is 0.423. The number of rotatable bonds is 5. The van der Waals surface area contributed by atoms with E-state index in [2.05, 4.69) is 89.5 Å². The fourth-order valence-electron chi connectivity index (χ4n) is 4.21. The van der Waals surface area contributed by atoms with Crippen molar-refractivity contribution in [2.45, 2.75) is 71.7 Å². The van der Waals surface area contributed by atoms with E-state index in [-0.39, 0.29) is 11.1 Å². The Morgan fingerprint density at radius 3 is 2.37 bits per heavy atom. The third-order valence-corrected chi connectivity index (χ3v) is 12.2. The standard InChI is InChI=1S/C26H33NOSSi/c1-8-17-20(9-2)27-24-18-13-10-11-14-19(18)25(28-30(6,7)26(3,4)5)23(24)22(17)21-15-12-16-29-21/h10-16,25H,8-9H2,1-7H3. The van der Waals surface area contributed by atoms with Gasteiger partial charge in [0.15, 0.2) is 8.32 Å². The number of thiophene rings is 1. The molecule has 2 aromatic heterocycles. The molecule has 1 aromatic carbocycles. The molecule has 0 amide bonds. The van der Waals surface area contributed by atoms with Gasteiger partial charge in [-0.1, -0.05) is 65.0 Å². The van der Waals surface area contributed by atoms with Gasteiger partial charge in [-0.15, -0.1) is 11.3 Å². The molecule has 1 aliphatic carbocycles. The highest BCUT2D eigenvalue weighted by atomic mass is 32.1. The van der Waals surface area contributed by atoms with Crippen LogP contribution in [0.1, 0.15) is 63.1 Å². The van der Waals surface area contributed by atoms with Gasteiger partial charge in [-0.05, 0) is 53.5 Å². The van der Waals surface area contributed by atoms with Crippen LogP contribution in [-0.4, -0.2) is 13.3 Å². The van der Waals surface area contributed by atoms with Gasteiger partial charge in [-0.25, -0.2) is 0 Å². The van der Waals surface area contributed by atoms with Crippen molar-refractivity contribution < 1.29 is 4.43 Å². The largest absolute Gasteiger partial charge is 0.406 e. The summed E-state index contributed by atoms with van der Waals surface area (Å²) in [5.41, 5.74) is 8.92. The normalized spacial score (nSPS) is 15.9. The molecule has 0 fully saturated rings. The van der Waals surface area contributed by atoms with Crippen molar-refractivity contribution in [1.29, 1.82) is 0 Å². The summed E-state index contributed by atoms with van der Waals surface area (Å²) in [5.74, 6) is 0. The van der Waals surface area contributed by atoms with E-state index in [1.54, 1.807) is 0 Å². The van der Waals surface area contributed by atoms with Crippen LogP contribution in [0, 0.1) is 0 Å². The molecular weight excluding hydrogens is 402 g/mol. The van der Waals surface area contributed by atoms with E-state index in [1.807, 2.05) is 11.3 Å². The van der Waals surface area contributed by atoms with E-state index < -0.39 is 8.32 Å². The molecule has 158 valence electrons. The van der Waals surface area contributed by atoms with Gasteiger partial charge < -0.3 is 4.43 Å². The maximum absolute atomic E-state index is 7.13. The van der Waals surface area contributed by atoms with E-state index in [0.29, 0.717) is 0 Å². The number of pyridine rings is 1. The van der Waals surface area contributed by atoms with Crippen LogP contribution in [0.5, 0.6) is 0 Å². The van der Waals surface area contributed by atoms with Gasteiger partial charge in [-0.2, -0.15) is 0 Å². The van der Waals surface area contributed by atoms with Crippen LogP contribution in [-0.2, 0) is 17.3 Å². The second-order valence-electron chi connectivity index (χ2n) is 9.70. The number of aryl methyl sites for hydroxylation is 1. The number of hydrogen-bond donors (Lipinski definition) is 0. The molecule has 1 atom stereocenters. The summed E-state index contributed by atoms with van der Waals surface area (Å²) < 4.78 is 7.13. The first-order valence-corrected chi connectivity index (χ1v) is 14.8. The van der Waals surface area contributed by atoms with E-state index in [0.717, 1.165) is 18.5 Å². The van der Waals surface area contributed by atoms with E-state index in [9.17, 15) is 0 Å². The molecule has 1 aliphatic rings. The van der Waals surface area contributed by atoms with Crippen molar-refractivity contribution in [2.75, 3.05) is 0 Å². The van der Waals surface area contributed by atoms with Crippen LogP contribution in [0.25, 0.3) is 21.7 Å². The molecular formula is C26H33NOSSi. The van der Waals surface area contributed by atoms with Crippen LogP contribution in [0.3, 0.4) is 0 Å². The Bertz CT molecular complexity index is 1060. The summed E-state index contributed by atoms with van der Waals surface area (Å²) in [6.07, 6.45) is 1.89. The van der Waals surface area contributed by atoms with Crippen molar-refractivity contribution in [3.8, 4) is 21.7 Å². The van der Waals surface area contributed by atoms with Crippen LogP contribution in [0.15, 0.2) is 41.8 Å². The Morgan fingerprint density at radius 2 is 1.77 bits per heavy atom. The molecule has 0 radical (unpaired) electrons. The zero-order valence-electron chi connectivity index (χ0n) is 19.3.